The molecule has 0 bridgehead atoms. The highest BCUT2D eigenvalue weighted by Gasteiger charge is 2.40. The highest BCUT2D eigenvalue weighted by Crippen LogP contribution is 2.42. The van der Waals surface area contributed by atoms with Crippen molar-refractivity contribution in [2.24, 2.45) is 0 Å². The molecule has 1 fully saturated rings. The number of rotatable bonds is 4. The van der Waals surface area contributed by atoms with Crippen LogP contribution in [0.1, 0.15) is 28.2 Å². The molecule has 1 aliphatic heterocycles. The van der Waals surface area contributed by atoms with Crippen molar-refractivity contribution in [1.82, 2.24) is 20.2 Å². The van der Waals surface area contributed by atoms with Crippen molar-refractivity contribution < 1.29 is 0 Å². The minimum atomic E-state index is 0.0240. The summed E-state index contributed by atoms with van der Waals surface area (Å²) in [6, 6.07) is 14.4. The van der Waals surface area contributed by atoms with Crippen LogP contribution in [0.4, 0.5) is 0 Å². The van der Waals surface area contributed by atoms with Crippen LogP contribution in [0.2, 0.25) is 0 Å². The molecule has 1 N–H and O–H groups in total. The minimum absolute atomic E-state index is 0.0240. The van der Waals surface area contributed by atoms with Gasteiger partial charge in [0.1, 0.15) is 0 Å². The Morgan fingerprint density at radius 2 is 2.08 bits per heavy atom. The van der Waals surface area contributed by atoms with Crippen molar-refractivity contribution in [2.45, 2.75) is 18.6 Å². The van der Waals surface area contributed by atoms with E-state index in [2.05, 4.69) is 54.3 Å². The van der Waals surface area contributed by atoms with E-state index in [1.54, 1.807) is 17.5 Å². The van der Waals surface area contributed by atoms with Crippen LogP contribution >= 0.6 is 39.5 Å². The molecule has 3 aromatic rings. The molecule has 1 aliphatic rings. The molecular formula is C18H15BrN4S2. The molecule has 4 rings (SSSR count). The third-order valence-electron chi connectivity index (χ3n) is 4.16. The number of nitrogens with one attached hydrogen (secondary N) is 1. The number of nitrogens with zero attached hydrogens (tertiary/aromatic N) is 3. The Labute approximate surface area is 164 Å². The number of hydrogen-bond donors (Lipinski definition) is 1. The van der Waals surface area contributed by atoms with Gasteiger partial charge in [-0.2, -0.15) is 0 Å². The smallest absolute Gasteiger partial charge is 0.170 e. The summed E-state index contributed by atoms with van der Waals surface area (Å²) in [5.41, 5.74) is 2.13. The second-order valence-corrected chi connectivity index (χ2v) is 8.64. The monoisotopic (exact) mass is 430 g/mol. The topological polar surface area (TPSA) is 41.1 Å². The Morgan fingerprint density at radius 3 is 2.76 bits per heavy atom. The average molecular weight is 431 g/mol. The van der Waals surface area contributed by atoms with E-state index < -0.39 is 0 Å². The largest absolute Gasteiger partial charge is 0.352 e. The molecule has 0 spiro atoms. The Balaban J connectivity index is 1.72. The van der Waals surface area contributed by atoms with Gasteiger partial charge in [-0.1, -0.05) is 12.1 Å². The zero-order valence-corrected chi connectivity index (χ0v) is 16.4. The third kappa shape index (κ3) is 3.44. The fourth-order valence-electron chi connectivity index (χ4n) is 3.06. The zero-order chi connectivity index (χ0) is 17.2. The van der Waals surface area contributed by atoms with Crippen LogP contribution in [0.25, 0.3) is 0 Å². The molecule has 7 heteroatoms. The van der Waals surface area contributed by atoms with E-state index in [0.29, 0.717) is 6.54 Å². The molecule has 0 unspecified atom stereocenters. The quantitative estimate of drug-likeness (QED) is 0.618. The lowest BCUT2D eigenvalue weighted by molar-refractivity contribution is 0.315. The van der Waals surface area contributed by atoms with Gasteiger partial charge in [0.25, 0.3) is 0 Å². The number of thiocarbonyl (C=S) groups is 1. The maximum atomic E-state index is 5.66. The lowest BCUT2D eigenvalue weighted by Crippen LogP contribution is -2.28. The molecule has 3 aromatic heterocycles. The molecule has 0 amide bonds. The summed E-state index contributed by atoms with van der Waals surface area (Å²) in [5, 5.41) is 4.21. The SMILES string of the molecule is S=C1N[C@@H](c2ccccn2)[C@H](c2ccc(Br)s2)N1Cc1cccnc1. The van der Waals surface area contributed by atoms with Gasteiger partial charge in [0.15, 0.2) is 5.11 Å². The molecule has 4 heterocycles. The van der Waals surface area contributed by atoms with Gasteiger partial charge in [0, 0.05) is 30.0 Å². The van der Waals surface area contributed by atoms with Crippen LogP contribution in [0.3, 0.4) is 0 Å². The van der Waals surface area contributed by atoms with Gasteiger partial charge in [-0.25, -0.2) is 0 Å². The van der Waals surface area contributed by atoms with Crippen molar-refractivity contribution in [3.63, 3.8) is 0 Å². The molecule has 0 radical (unpaired) electrons. The van der Waals surface area contributed by atoms with Crippen LogP contribution in [-0.4, -0.2) is 20.0 Å². The van der Waals surface area contributed by atoms with Crippen molar-refractivity contribution in [3.8, 4) is 0 Å². The van der Waals surface area contributed by atoms with Crippen molar-refractivity contribution in [1.29, 1.82) is 0 Å². The van der Waals surface area contributed by atoms with Gasteiger partial charge in [0.2, 0.25) is 0 Å². The van der Waals surface area contributed by atoms with E-state index in [4.69, 9.17) is 12.2 Å². The van der Waals surface area contributed by atoms with E-state index in [0.717, 1.165) is 20.2 Å². The average Bonchev–Trinajstić information content (AvgIpc) is 3.20. The van der Waals surface area contributed by atoms with Gasteiger partial charge in [-0.05, 0) is 64.0 Å². The molecule has 25 heavy (non-hydrogen) atoms. The first-order chi connectivity index (χ1) is 12.2. The highest BCUT2D eigenvalue weighted by atomic mass is 79.9. The summed E-state index contributed by atoms with van der Waals surface area (Å²) in [4.78, 5) is 12.2. The fraction of sp³-hybridized carbons (Fsp3) is 0.167. The van der Waals surface area contributed by atoms with Crippen molar-refractivity contribution in [2.75, 3.05) is 0 Å². The minimum Gasteiger partial charge on any atom is -0.352 e. The van der Waals surface area contributed by atoms with Gasteiger partial charge in [-0.3, -0.25) is 9.97 Å². The van der Waals surface area contributed by atoms with E-state index in [1.807, 2.05) is 36.7 Å². The molecule has 0 aliphatic carbocycles. The van der Waals surface area contributed by atoms with Gasteiger partial charge in [0.05, 0.1) is 21.6 Å². The highest BCUT2D eigenvalue weighted by molar-refractivity contribution is 9.11. The molecule has 4 nitrogen and oxygen atoms in total. The first-order valence-corrected chi connectivity index (χ1v) is 9.86. The normalized spacial score (nSPS) is 19.9. The van der Waals surface area contributed by atoms with E-state index >= 15 is 0 Å². The summed E-state index contributed by atoms with van der Waals surface area (Å²) >= 11 is 11.0. The Morgan fingerprint density at radius 1 is 1.16 bits per heavy atom. The number of pyridine rings is 2. The number of halogens is 1. The predicted molar refractivity (Wildman–Crippen MR) is 107 cm³/mol. The standard InChI is InChI=1S/C18H15BrN4S2/c19-15-7-6-14(25-15)17-16(13-5-1-2-9-21-13)22-18(24)23(17)11-12-4-3-8-20-10-12/h1-10,16-17H,11H2,(H,22,24)/t16-,17-/m0/s1. The van der Waals surface area contributed by atoms with Gasteiger partial charge >= 0.3 is 0 Å². The molecule has 2 atom stereocenters. The summed E-state index contributed by atoms with van der Waals surface area (Å²) < 4.78 is 1.11. The lowest BCUT2D eigenvalue weighted by atomic mass is 10.0. The zero-order valence-electron chi connectivity index (χ0n) is 13.2. The second-order valence-electron chi connectivity index (χ2n) is 5.76. The summed E-state index contributed by atoms with van der Waals surface area (Å²) in [6.45, 7) is 0.712. The first-order valence-electron chi connectivity index (χ1n) is 7.84. The predicted octanol–water partition coefficient (Wildman–Crippen LogP) is 4.47. The van der Waals surface area contributed by atoms with Crippen molar-refractivity contribution in [3.05, 3.63) is 81.0 Å². The van der Waals surface area contributed by atoms with Gasteiger partial charge in [-0.15, -0.1) is 11.3 Å². The van der Waals surface area contributed by atoms with E-state index in [-0.39, 0.29) is 12.1 Å². The number of thiophene rings is 1. The molecule has 126 valence electrons. The second kappa shape index (κ2) is 7.19. The van der Waals surface area contributed by atoms with Crippen LogP contribution in [-0.2, 0) is 6.54 Å². The summed E-state index contributed by atoms with van der Waals surface area (Å²) in [5.74, 6) is 0. The van der Waals surface area contributed by atoms with E-state index in [9.17, 15) is 0 Å². The molecule has 0 saturated carbocycles. The maximum absolute atomic E-state index is 5.66. The van der Waals surface area contributed by atoms with Crippen LogP contribution in [0.5, 0.6) is 0 Å². The molecule has 0 aromatic carbocycles. The van der Waals surface area contributed by atoms with Gasteiger partial charge < -0.3 is 10.2 Å². The van der Waals surface area contributed by atoms with Crippen LogP contribution in [0, 0.1) is 0 Å². The molecule has 1 saturated heterocycles. The Kier molecular flexibility index (Phi) is 4.78. The van der Waals surface area contributed by atoms with Crippen LogP contribution in [0.15, 0.2) is 64.8 Å². The first kappa shape index (κ1) is 16.6. The number of aromatic nitrogens is 2. The summed E-state index contributed by atoms with van der Waals surface area (Å²) in [6.07, 6.45) is 5.50. The maximum Gasteiger partial charge on any atom is 0.170 e. The fourth-order valence-corrected chi connectivity index (χ4v) is 4.94. The lowest BCUT2D eigenvalue weighted by Gasteiger charge is -2.26. The summed E-state index contributed by atoms with van der Waals surface area (Å²) in [7, 11) is 0. The third-order valence-corrected chi connectivity index (χ3v) is 6.21. The van der Waals surface area contributed by atoms with Crippen molar-refractivity contribution >= 4 is 44.6 Å². The van der Waals surface area contributed by atoms with Crippen LogP contribution < -0.4 is 5.32 Å². The Bertz CT molecular complexity index is 869. The van der Waals surface area contributed by atoms with E-state index in [1.165, 1.54) is 4.88 Å². The molecular weight excluding hydrogens is 416 g/mol. The Hall–Kier alpha value is -1.83. The number of hydrogen-bond acceptors (Lipinski definition) is 4.